The van der Waals surface area contributed by atoms with Crippen LogP contribution < -0.4 is 9.47 Å². The van der Waals surface area contributed by atoms with E-state index in [1.165, 1.54) is 11.0 Å². The Labute approximate surface area is 221 Å². The molecule has 0 spiro atoms. The van der Waals surface area contributed by atoms with Gasteiger partial charge in [-0.1, -0.05) is 48.0 Å². The molecule has 3 aromatic rings. The van der Waals surface area contributed by atoms with Gasteiger partial charge >= 0.3 is 0 Å². The van der Waals surface area contributed by atoms with E-state index in [4.69, 9.17) is 9.47 Å². The molecule has 0 aliphatic carbocycles. The lowest BCUT2D eigenvalue weighted by molar-refractivity contribution is -0.123. The molecule has 0 saturated carbocycles. The average molecular weight is 603 g/mol. The van der Waals surface area contributed by atoms with Gasteiger partial charge in [-0.05, 0) is 83.6 Å². The fourth-order valence-corrected chi connectivity index (χ4v) is 5.12. The van der Waals surface area contributed by atoms with Gasteiger partial charge < -0.3 is 9.47 Å². The number of halogens is 2. The smallest absolute Gasteiger partial charge is 0.293 e. The van der Waals surface area contributed by atoms with Gasteiger partial charge in [0.2, 0.25) is 0 Å². The fourth-order valence-electron chi connectivity index (χ4n) is 3.50. The number of hydrogen-bond donors (Lipinski definition) is 0. The maximum absolute atomic E-state index is 14.0. The lowest BCUT2D eigenvalue weighted by Crippen LogP contribution is -2.27. The fraction of sp³-hybridized carbons (Fsp3) is 0.185. The Morgan fingerprint density at radius 1 is 1.06 bits per heavy atom. The molecule has 1 fully saturated rings. The minimum absolute atomic E-state index is 0.0556. The molecule has 1 aliphatic rings. The first-order valence-corrected chi connectivity index (χ1v) is 12.9. The van der Waals surface area contributed by atoms with Crippen LogP contribution in [0.15, 0.2) is 65.6 Å². The van der Waals surface area contributed by atoms with E-state index in [0.29, 0.717) is 34.1 Å². The number of carbonyl (C=O) groups excluding carboxylic acids is 2. The van der Waals surface area contributed by atoms with Crippen molar-refractivity contribution in [3.05, 3.63) is 97.2 Å². The van der Waals surface area contributed by atoms with E-state index in [2.05, 4.69) is 22.6 Å². The number of ether oxygens (including phenoxy) is 2. The molecule has 1 saturated heterocycles. The van der Waals surface area contributed by atoms with Crippen LogP contribution in [0.4, 0.5) is 9.18 Å². The van der Waals surface area contributed by atoms with Gasteiger partial charge in [0.15, 0.2) is 11.5 Å². The molecule has 5 nitrogen and oxygen atoms in total. The molecule has 0 atom stereocenters. The van der Waals surface area contributed by atoms with Crippen molar-refractivity contribution in [2.24, 2.45) is 0 Å². The number of nitrogens with zero attached hydrogens (tertiary/aromatic N) is 1. The number of carbonyl (C=O) groups is 2. The number of amides is 2. The minimum Gasteiger partial charge on any atom is -0.490 e. The quantitative estimate of drug-likeness (QED) is 0.206. The van der Waals surface area contributed by atoms with Gasteiger partial charge in [0.25, 0.3) is 11.1 Å². The summed E-state index contributed by atoms with van der Waals surface area (Å²) in [6.07, 6.45) is 1.69. The van der Waals surface area contributed by atoms with Crippen molar-refractivity contribution >= 4 is 51.6 Å². The highest BCUT2D eigenvalue weighted by molar-refractivity contribution is 14.1. The van der Waals surface area contributed by atoms with Crippen molar-refractivity contribution in [2.45, 2.75) is 27.0 Å². The molecule has 2 amide bonds. The maximum atomic E-state index is 14.0. The highest BCUT2D eigenvalue weighted by Gasteiger charge is 2.35. The summed E-state index contributed by atoms with van der Waals surface area (Å²) in [6.45, 7) is 4.53. The molecular weight excluding hydrogens is 580 g/mol. The first-order chi connectivity index (χ1) is 16.9. The summed E-state index contributed by atoms with van der Waals surface area (Å²) >= 11 is 3.04. The number of aryl methyl sites for hydroxylation is 1. The van der Waals surface area contributed by atoms with Crippen LogP contribution in [0.5, 0.6) is 11.5 Å². The Hall–Kier alpha value is -2.85. The van der Waals surface area contributed by atoms with E-state index in [-0.39, 0.29) is 30.1 Å². The molecular formula is C27H23FINO4S. The number of imide groups is 1. The third-order valence-corrected chi connectivity index (χ3v) is 7.00. The Morgan fingerprint density at radius 2 is 1.80 bits per heavy atom. The van der Waals surface area contributed by atoms with Crippen molar-refractivity contribution in [1.29, 1.82) is 0 Å². The molecule has 3 aromatic carbocycles. The van der Waals surface area contributed by atoms with Crippen LogP contribution in [0.25, 0.3) is 6.08 Å². The third-order valence-electron chi connectivity index (χ3n) is 5.29. The predicted octanol–water partition coefficient (Wildman–Crippen LogP) is 6.95. The van der Waals surface area contributed by atoms with Gasteiger partial charge in [0.1, 0.15) is 12.4 Å². The maximum Gasteiger partial charge on any atom is 0.293 e. The molecule has 0 aromatic heterocycles. The van der Waals surface area contributed by atoms with E-state index in [9.17, 15) is 14.0 Å². The first kappa shape index (κ1) is 25.2. The molecule has 0 unspecified atom stereocenters. The average Bonchev–Trinajstić information content (AvgIpc) is 3.08. The van der Waals surface area contributed by atoms with Crippen LogP contribution in [0.1, 0.15) is 29.2 Å². The van der Waals surface area contributed by atoms with Crippen molar-refractivity contribution in [1.82, 2.24) is 4.90 Å². The lowest BCUT2D eigenvalue weighted by atomic mass is 10.1. The van der Waals surface area contributed by atoms with Crippen LogP contribution >= 0.6 is 34.4 Å². The second-order valence-corrected chi connectivity index (χ2v) is 10.1. The summed E-state index contributed by atoms with van der Waals surface area (Å²) in [5.74, 6) is 0.327. The summed E-state index contributed by atoms with van der Waals surface area (Å²) in [4.78, 5) is 27.1. The molecule has 4 rings (SSSR count). The summed E-state index contributed by atoms with van der Waals surface area (Å²) in [5.41, 5.74) is 3.15. The van der Waals surface area contributed by atoms with E-state index in [1.807, 2.05) is 44.2 Å². The molecule has 1 heterocycles. The molecule has 180 valence electrons. The second kappa shape index (κ2) is 11.3. The topological polar surface area (TPSA) is 55.8 Å². The number of thioether (sulfide) groups is 1. The van der Waals surface area contributed by atoms with E-state index in [1.54, 1.807) is 30.3 Å². The zero-order valence-corrected chi connectivity index (χ0v) is 22.2. The number of rotatable bonds is 8. The zero-order chi connectivity index (χ0) is 24.9. The molecule has 0 radical (unpaired) electrons. The summed E-state index contributed by atoms with van der Waals surface area (Å²) < 4.78 is 26.4. The Bertz CT molecular complexity index is 1290. The molecule has 1 aliphatic heterocycles. The summed E-state index contributed by atoms with van der Waals surface area (Å²) in [6, 6.07) is 17.8. The van der Waals surface area contributed by atoms with Gasteiger partial charge in [0.05, 0.1) is 21.6 Å². The summed E-state index contributed by atoms with van der Waals surface area (Å²) in [7, 11) is 0. The van der Waals surface area contributed by atoms with Crippen molar-refractivity contribution in [2.75, 3.05) is 6.61 Å². The van der Waals surface area contributed by atoms with E-state index < -0.39 is 0 Å². The van der Waals surface area contributed by atoms with Gasteiger partial charge in [-0.15, -0.1) is 0 Å². The zero-order valence-electron chi connectivity index (χ0n) is 19.2. The molecule has 0 N–H and O–H groups in total. The lowest BCUT2D eigenvalue weighted by Gasteiger charge is -2.15. The predicted molar refractivity (Wildman–Crippen MR) is 144 cm³/mol. The molecule has 8 heteroatoms. The van der Waals surface area contributed by atoms with Crippen LogP contribution in [-0.4, -0.2) is 22.7 Å². The highest BCUT2D eigenvalue weighted by Crippen LogP contribution is 2.38. The largest absolute Gasteiger partial charge is 0.490 e. The van der Waals surface area contributed by atoms with Crippen molar-refractivity contribution in [3.8, 4) is 11.5 Å². The van der Waals surface area contributed by atoms with E-state index in [0.717, 1.165) is 26.5 Å². The third kappa shape index (κ3) is 6.05. The van der Waals surface area contributed by atoms with Gasteiger partial charge in [-0.25, -0.2) is 4.39 Å². The van der Waals surface area contributed by atoms with Crippen molar-refractivity contribution < 1.29 is 23.5 Å². The number of benzene rings is 3. The minimum atomic E-state index is -0.335. The standard InChI is InChI=1S/C27H23FINO4S/c1-3-33-23-13-19(12-22(29)25(23)34-16-20-6-4-5-7-21(20)28)14-24-26(31)30(27(32)35-24)15-18-10-8-17(2)9-11-18/h4-14H,3,15-16H2,1-2H3/b24-14-. The monoisotopic (exact) mass is 603 g/mol. The van der Waals surface area contributed by atoms with Gasteiger partial charge in [0, 0.05) is 5.56 Å². The Kier molecular flexibility index (Phi) is 8.12. The second-order valence-electron chi connectivity index (χ2n) is 7.90. The van der Waals surface area contributed by atoms with E-state index >= 15 is 0 Å². The van der Waals surface area contributed by atoms with Crippen LogP contribution in [0.3, 0.4) is 0 Å². The Morgan fingerprint density at radius 3 is 2.51 bits per heavy atom. The normalized spacial score (nSPS) is 14.6. The number of hydrogen-bond acceptors (Lipinski definition) is 5. The van der Waals surface area contributed by atoms with Gasteiger partial charge in [-0.3, -0.25) is 14.5 Å². The first-order valence-electron chi connectivity index (χ1n) is 11.0. The van der Waals surface area contributed by atoms with Crippen LogP contribution in [0, 0.1) is 16.3 Å². The van der Waals surface area contributed by atoms with Gasteiger partial charge in [-0.2, -0.15) is 0 Å². The molecule has 35 heavy (non-hydrogen) atoms. The van der Waals surface area contributed by atoms with Crippen molar-refractivity contribution in [3.63, 3.8) is 0 Å². The van der Waals surface area contributed by atoms with Crippen LogP contribution in [0.2, 0.25) is 0 Å². The molecule has 0 bridgehead atoms. The highest BCUT2D eigenvalue weighted by atomic mass is 127. The Balaban J connectivity index is 1.55. The summed E-state index contributed by atoms with van der Waals surface area (Å²) in [5, 5.41) is -0.300. The SMILES string of the molecule is CCOc1cc(/C=C2\SC(=O)N(Cc3ccc(C)cc3)C2=O)cc(I)c1OCc1ccccc1F. The van der Waals surface area contributed by atoms with Crippen LogP contribution in [-0.2, 0) is 17.9 Å².